The molecule has 1 saturated heterocycles. The Labute approximate surface area is 208 Å². The maximum atomic E-state index is 13.1. The molecule has 36 heavy (non-hydrogen) atoms. The van der Waals surface area contributed by atoms with Gasteiger partial charge in [-0.3, -0.25) is 4.79 Å². The fourth-order valence-corrected chi connectivity index (χ4v) is 4.17. The maximum absolute atomic E-state index is 13.1. The zero-order valence-corrected chi connectivity index (χ0v) is 20.3. The van der Waals surface area contributed by atoms with Crippen molar-refractivity contribution in [2.24, 2.45) is 0 Å². The predicted molar refractivity (Wildman–Crippen MR) is 124 cm³/mol. The van der Waals surface area contributed by atoms with Crippen LogP contribution in [0.3, 0.4) is 0 Å². The topological polar surface area (TPSA) is 107 Å². The molecule has 9 nitrogen and oxygen atoms in total. The molecule has 3 aromatic rings. The molecule has 0 spiro atoms. The third kappa shape index (κ3) is 5.90. The zero-order chi connectivity index (χ0) is 26.0. The number of rotatable bonds is 7. The minimum atomic E-state index is -4.65. The summed E-state index contributed by atoms with van der Waals surface area (Å²) in [5.41, 5.74) is 1.23. The molecular formula is C23H22F3N5O4S. The number of thiazole rings is 1. The summed E-state index contributed by atoms with van der Waals surface area (Å²) in [6, 6.07) is 4.27. The first-order valence-electron chi connectivity index (χ1n) is 10.8. The Morgan fingerprint density at radius 3 is 2.56 bits per heavy atom. The molecule has 2 amide bonds. The standard InChI is InChI=1S/C23H22F3N5O4S/c1-12-7-27-20(36-12)15-4-14(5-17(6-15)34-11-18-10-31(3)22(33)35-18)19(32)30-13(2)16-8-28-21(29-9-16)23(24,25)26/h4-9,13,18H,10-11H2,1-3H3,(H,30,32)/t13-,18?/m1/s1. The average Bonchev–Trinajstić information content (AvgIpc) is 3.41. The minimum Gasteiger partial charge on any atom is -0.490 e. The largest absolute Gasteiger partial charge is 0.490 e. The Hall–Kier alpha value is -3.74. The molecule has 1 unspecified atom stereocenters. The summed E-state index contributed by atoms with van der Waals surface area (Å²) >= 11 is 1.45. The number of aromatic nitrogens is 3. The number of aryl methyl sites for hydroxylation is 1. The number of nitrogens with one attached hydrogen (secondary N) is 1. The van der Waals surface area contributed by atoms with Crippen LogP contribution < -0.4 is 10.1 Å². The van der Waals surface area contributed by atoms with Crippen molar-refractivity contribution in [2.45, 2.75) is 32.2 Å². The van der Waals surface area contributed by atoms with Crippen LogP contribution in [-0.4, -0.2) is 58.2 Å². The van der Waals surface area contributed by atoms with E-state index in [1.807, 2.05) is 6.92 Å². The zero-order valence-electron chi connectivity index (χ0n) is 19.5. The van der Waals surface area contributed by atoms with Crippen molar-refractivity contribution in [2.75, 3.05) is 20.2 Å². The van der Waals surface area contributed by atoms with Crippen molar-refractivity contribution < 1.29 is 32.2 Å². The molecule has 190 valence electrons. The monoisotopic (exact) mass is 521 g/mol. The van der Waals surface area contributed by atoms with Gasteiger partial charge in [0, 0.05) is 47.2 Å². The second-order valence-electron chi connectivity index (χ2n) is 8.25. The maximum Gasteiger partial charge on any atom is 0.451 e. The van der Waals surface area contributed by atoms with Crippen molar-refractivity contribution in [3.8, 4) is 16.3 Å². The van der Waals surface area contributed by atoms with Crippen molar-refractivity contribution in [1.82, 2.24) is 25.2 Å². The van der Waals surface area contributed by atoms with Crippen LogP contribution in [0.4, 0.5) is 18.0 Å². The van der Waals surface area contributed by atoms with Gasteiger partial charge in [-0.1, -0.05) is 0 Å². The minimum absolute atomic E-state index is 0.0940. The van der Waals surface area contributed by atoms with Crippen LogP contribution in [0, 0.1) is 6.92 Å². The quantitative estimate of drug-likeness (QED) is 0.496. The molecule has 4 rings (SSSR count). The smallest absolute Gasteiger partial charge is 0.451 e. The van der Waals surface area contributed by atoms with E-state index in [1.165, 1.54) is 22.3 Å². The number of nitrogens with zero attached hydrogens (tertiary/aromatic N) is 4. The lowest BCUT2D eigenvalue weighted by Gasteiger charge is -2.16. The van der Waals surface area contributed by atoms with Crippen molar-refractivity contribution >= 4 is 23.3 Å². The summed E-state index contributed by atoms with van der Waals surface area (Å²) in [5, 5.41) is 3.43. The number of benzene rings is 1. The number of hydrogen-bond donors (Lipinski definition) is 1. The highest BCUT2D eigenvalue weighted by Gasteiger charge is 2.34. The van der Waals surface area contributed by atoms with Crippen molar-refractivity contribution in [3.63, 3.8) is 0 Å². The Bertz CT molecular complexity index is 1270. The van der Waals surface area contributed by atoms with Gasteiger partial charge >= 0.3 is 12.3 Å². The number of carbonyl (C=O) groups is 2. The van der Waals surface area contributed by atoms with E-state index < -0.39 is 36.1 Å². The summed E-state index contributed by atoms with van der Waals surface area (Å²) < 4.78 is 49.3. The van der Waals surface area contributed by atoms with Crippen LogP contribution in [-0.2, 0) is 10.9 Å². The van der Waals surface area contributed by atoms with Crippen LogP contribution in [0.15, 0.2) is 36.8 Å². The molecule has 1 aromatic carbocycles. The lowest BCUT2D eigenvalue weighted by molar-refractivity contribution is -0.145. The lowest BCUT2D eigenvalue weighted by atomic mass is 10.1. The van der Waals surface area contributed by atoms with E-state index in [0.29, 0.717) is 28.4 Å². The van der Waals surface area contributed by atoms with Crippen molar-refractivity contribution in [1.29, 1.82) is 0 Å². The summed E-state index contributed by atoms with van der Waals surface area (Å²) in [5.74, 6) is -1.35. The molecule has 2 aromatic heterocycles. The Balaban J connectivity index is 1.53. The highest BCUT2D eigenvalue weighted by atomic mass is 32.1. The van der Waals surface area contributed by atoms with Crippen molar-refractivity contribution in [3.05, 3.63) is 58.6 Å². The van der Waals surface area contributed by atoms with Gasteiger partial charge in [0.2, 0.25) is 5.82 Å². The number of likely N-dealkylation sites (N-methyl/N-ethyl adjacent to an activating group) is 1. The normalized spacial score (nSPS) is 16.6. The molecule has 1 N–H and O–H groups in total. The molecule has 1 aliphatic rings. The van der Waals surface area contributed by atoms with Gasteiger partial charge in [0.05, 0.1) is 12.6 Å². The molecule has 0 radical (unpaired) electrons. The van der Waals surface area contributed by atoms with Crippen LogP contribution in [0.2, 0.25) is 0 Å². The second-order valence-corrected chi connectivity index (χ2v) is 9.49. The first kappa shape index (κ1) is 25.4. The summed E-state index contributed by atoms with van der Waals surface area (Å²) in [6.45, 7) is 4.00. The third-order valence-corrected chi connectivity index (χ3v) is 6.26. The molecule has 13 heteroatoms. The van der Waals surface area contributed by atoms with Gasteiger partial charge in [-0.05, 0) is 32.0 Å². The second kappa shape index (κ2) is 10.1. The van der Waals surface area contributed by atoms with Gasteiger partial charge in [-0.2, -0.15) is 13.2 Å². The van der Waals surface area contributed by atoms with E-state index in [0.717, 1.165) is 17.3 Å². The number of hydrogen-bond acceptors (Lipinski definition) is 8. The van der Waals surface area contributed by atoms with E-state index >= 15 is 0 Å². The third-order valence-electron chi connectivity index (χ3n) is 5.30. The number of ether oxygens (including phenoxy) is 2. The fourth-order valence-electron chi connectivity index (χ4n) is 3.42. The molecule has 3 heterocycles. The summed E-state index contributed by atoms with van der Waals surface area (Å²) in [7, 11) is 1.62. The van der Waals surface area contributed by atoms with E-state index in [-0.39, 0.29) is 12.2 Å². The number of amides is 2. The van der Waals surface area contributed by atoms with Gasteiger partial charge < -0.3 is 19.7 Å². The van der Waals surface area contributed by atoms with E-state index in [4.69, 9.17) is 9.47 Å². The Morgan fingerprint density at radius 2 is 1.97 bits per heavy atom. The molecule has 0 saturated carbocycles. The van der Waals surface area contributed by atoms with Gasteiger partial charge in [-0.25, -0.2) is 19.7 Å². The van der Waals surface area contributed by atoms with Gasteiger partial charge in [0.1, 0.15) is 17.4 Å². The first-order valence-corrected chi connectivity index (χ1v) is 11.6. The number of halogens is 3. The Kier molecular flexibility index (Phi) is 7.11. The molecule has 0 aliphatic carbocycles. The van der Waals surface area contributed by atoms with Gasteiger partial charge in [0.25, 0.3) is 5.91 Å². The highest BCUT2D eigenvalue weighted by molar-refractivity contribution is 7.14. The number of carbonyl (C=O) groups excluding carboxylic acids is 2. The van der Waals surface area contributed by atoms with Crippen LogP contribution in [0.5, 0.6) is 5.75 Å². The Morgan fingerprint density at radius 1 is 1.25 bits per heavy atom. The molecule has 0 bridgehead atoms. The van der Waals surface area contributed by atoms with E-state index in [1.54, 1.807) is 32.3 Å². The van der Waals surface area contributed by atoms with Crippen LogP contribution in [0.1, 0.15) is 39.6 Å². The fraction of sp³-hybridized carbons (Fsp3) is 0.348. The lowest BCUT2D eigenvalue weighted by Crippen LogP contribution is -2.27. The van der Waals surface area contributed by atoms with Crippen LogP contribution >= 0.6 is 11.3 Å². The number of alkyl halides is 3. The SMILES string of the molecule is Cc1cnc(-c2cc(OCC3CN(C)C(=O)O3)cc(C(=O)N[C@H](C)c3cnc(C(F)(F)F)nc3)c2)s1. The van der Waals surface area contributed by atoms with Gasteiger partial charge in [-0.15, -0.1) is 11.3 Å². The van der Waals surface area contributed by atoms with Crippen LogP contribution in [0.25, 0.3) is 10.6 Å². The molecule has 1 fully saturated rings. The molecular weight excluding hydrogens is 499 g/mol. The average molecular weight is 522 g/mol. The van der Waals surface area contributed by atoms with Gasteiger partial charge in [0.15, 0.2) is 6.10 Å². The predicted octanol–water partition coefficient (Wildman–Crippen LogP) is 4.25. The summed E-state index contributed by atoms with van der Waals surface area (Å²) in [4.78, 5) is 38.1. The first-order chi connectivity index (χ1) is 17.0. The summed E-state index contributed by atoms with van der Waals surface area (Å²) in [6.07, 6.45) is -1.76. The molecule has 2 atom stereocenters. The highest BCUT2D eigenvalue weighted by Crippen LogP contribution is 2.30. The number of cyclic esters (lactones) is 1. The van der Waals surface area contributed by atoms with E-state index in [9.17, 15) is 22.8 Å². The van der Waals surface area contributed by atoms with E-state index in [2.05, 4.69) is 20.3 Å². The molecule has 1 aliphatic heterocycles.